The van der Waals surface area contributed by atoms with Gasteiger partial charge in [-0.2, -0.15) is 0 Å². The fourth-order valence-corrected chi connectivity index (χ4v) is 3.03. The molecular formula is C13H25N3O. The number of hydrogen-bond donors (Lipinski definition) is 2. The van der Waals surface area contributed by atoms with Crippen LogP contribution in [0.5, 0.6) is 0 Å². The average Bonchev–Trinajstić information content (AvgIpc) is 3.05. The lowest BCUT2D eigenvalue weighted by atomic mass is 9.88. The van der Waals surface area contributed by atoms with E-state index in [1.807, 2.05) is 0 Å². The molecule has 1 saturated heterocycles. The summed E-state index contributed by atoms with van der Waals surface area (Å²) in [5.74, 6) is 0.764. The van der Waals surface area contributed by atoms with Crippen molar-refractivity contribution >= 4 is 5.91 Å². The summed E-state index contributed by atoms with van der Waals surface area (Å²) in [5.41, 5.74) is 11.0. The monoisotopic (exact) mass is 239 g/mol. The molecule has 1 aliphatic carbocycles. The van der Waals surface area contributed by atoms with E-state index in [-0.39, 0.29) is 5.91 Å². The number of nitrogens with two attached hydrogens (primary N) is 2. The summed E-state index contributed by atoms with van der Waals surface area (Å²) in [6.07, 6.45) is 4.50. The van der Waals surface area contributed by atoms with E-state index < -0.39 is 5.54 Å². The molecule has 0 aromatic rings. The molecule has 2 rings (SSSR count). The first kappa shape index (κ1) is 12.8. The zero-order chi connectivity index (χ0) is 12.6. The second-order valence-electron chi connectivity index (χ2n) is 6.13. The van der Waals surface area contributed by atoms with E-state index in [1.165, 1.54) is 12.8 Å². The molecule has 3 unspecified atom stereocenters. The Balaban J connectivity index is 2.01. The van der Waals surface area contributed by atoms with Crippen LogP contribution in [0.4, 0.5) is 0 Å². The van der Waals surface area contributed by atoms with E-state index in [4.69, 9.17) is 11.5 Å². The molecule has 0 aromatic carbocycles. The third-order valence-corrected chi connectivity index (χ3v) is 4.51. The number of primary amides is 1. The Morgan fingerprint density at radius 2 is 2.00 bits per heavy atom. The van der Waals surface area contributed by atoms with Gasteiger partial charge in [0.1, 0.15) is 5.54 Å². The van der Waals surface area contributed by atoms with Gasteiger partial charge in [-0.1, -0.05) is 6.92 Å². The molecule has 0 spiro atoms. The Morgan fingerprint density at radius 3 is 2.47 bits per heavy atom. The molecule has 0 bridgehead atoms. The predicted molar refractivity (Wildman–Crippen MR) is 68.3 cm³/mol. The van der Waals surface area contributed by atoms with Crippen LogP contribution in [-0.2, 0) is 4.79 Å². The number of nitrogens with zero attached hydrogens (tertiary/aromatic N) is 1. The van der Waals surface area contributed by atoms with Gasteiger partial charge < -0.3 is 11.5 Å². The van der Waals surface area contributed by atoms with Crippen molar-refractivity contribution in [3.8, 4) is 0 Å². The van der Waals surface area contributed by atoms with Crippen LogP contribution in [0, 0.1) is 11.8 Å². The highest BCUT2D eigenvalue weighted by Gasteiger charge is 2.48. The van der Waals surface area contributed by atoms with E-state index in [2.05, 4.69) is 18.7 Å². The van der Waals surface area contributed by atoms with Crippen molar-refractivity contribution in [3.05, 3.63) is 0 Å². The lowest BCUT2D eigenvalue weighted by Crippen LogP contribution is -2.62. The number of piperidine rings is 1. The maximum absolute atomic E-state index is 11.6. The van der Waals surface area contributed by atoms with Gasteiger partial charge in [-0.15, -0.1) is 0 Å². The lowest BCUT2D eigenvalue weighted by Gasteiger charge is -2.41. The molecule has 1 heterocycles. The Kier molecular flexibility index (Phi) is 3.46. The first-order valence-electron chi connectivity index (χ1n) is 6.76. The second kappa shape index (κ2) is 4.58. The smallest absolute Gasteiger partial charge is 0.239 e. The first-order valence-corrected chi connectivity index (χ1v) is 6.76. The fourth-order valence-electron chi connectivity index (χ4n) is 3.03. The van der Waals surface area contributed by atoms with Gasteiger partial charge in [-0.25, -0.2) is 0 Å². The SMILES string of the molecule is CC1CCN(CC(N)(C(N)=O)C2CC2)C(C)C1. The number of likely N-dealkylation sites (tertiary alicyclic amines) is 1. The van der Waals surface area contributed by atoms with Crippen LogP contribution in [0.15, 0.2) is 0 Å². The maximum Gasteiger partial charge on any atom is 0.239 e. The van der Waals surface area contributed by atoms with Crippen molar-refractivity contribution in [1.29, 1.82) is 0 Å². The molecule has 4 nitrogen and oxygen atoms in total. The molecule has 2 fully saturated rings. The van der Waals surface area contributed by atoms with Crippen molar-refractivity contribution < 1.29 is 4.79 Å². The summed E-state index contributed by atoms with van der Waals surface area (Å²) in [4.78, 5) is 14.0. The standard InChI is InChI=1S/C13H25N3O/c1-9-5-6-16(10(2)7-9)8-13(15,12(14)17)11-3-4-11/h9-11H,3-8,15H2,1-2H3,(H2,14,17). The third kappa shape index (κ3) is 2.63. The van der Waals surface area contributed by atoms with E-state index >= 15 is 0 Å². The molecule has 4 N–H and O–H groups in total. The van der Waals surface area contributed by atoms with Crippen molar-refractivity contribution in [2.75, 3.05) is 13.1 Å². The van der Waals surface area contributed by atoms with Crippen molar-refractivity contribution in [1.82, 2.24) is 4.90 Å². The largest absolute Gasteiger partial charge is 0.368 e. The third-order valence-electron chi connectivity index (χ3n) is 4.51. The van der Waals surface area contributed by atoms with Gasteiger partial charge in [0.25, 0.3) is 0 Å². The molecule has 1 saturated carbocycles. The highest BCUT2D eigenvalue weighted by atomic mass is 16.1. The zero-order valence-electron chi connectivity index (χ0n) is 11.0. The second-order valence-corrected chi connectivity index (χ2v) is 6.13. The van der Waals surface area contributed by atoms with Gasteiger partial charge in [-0.3, -0.25) is 9.69 Å². The molecule has 98 valence electrons. The van der Waals surface area contributed by atoms with Crippen LogP contribution in [0.25, 0.3) is 0 Å². The number of rotatable bonds is 4. The fraction of sp³-hybridized carbons (Fsp3) is 0.923. The minimum atomic E-state index is -0.797. The Labute approximate surface area is 104 Å². The molecule has 17 heavy (non-hydrogen) atoms. The molecule has 0 aromatic heterocycles. The molecule has 3 atom stereocenters. The summed E-state index contributed by atoms with van der Waals surface area (Å²) in [5, 5.41) is 0. The normalized spacial score (nSPS) is 34.3. The Bertz CT molecular complexity index is 303. The highest BCUT2D eigenvalue weighted by molar-refractivity contribution is 5.85. The van der Waals surface area contributed by atoms with E-state index in [0.29, 0.717) is 18.5 Å². The summed E-state index contributed by atoms with van der Waals surface area (Å²) in [6, 6.07) is 0.514. The molecule has 1 amide bonds. The molecule has 4 heteroatoms. The molecule has 2 aliphatic rings. The van der Waals surface area contributed by atoms with Crippen LogP contribution in [0.3, 0.4) is 0 Å². The molecule has 0 radical (unpaired) electrons. The minimum absolute atomic E-state index is 0.312. The van der Waals surface area contributed by atoms with Crippen LogP contribution < -0.4 is 11.5 Å². The summed E-state index contributed by atoms with van der Waals surface area (Å²) >= 11 is 0. The van der Waals surface area contributed by atoms with E-state index in [9.17, 15) is 4.79 Å². The lowest BCUT2D eigenvalue weighted by molar-refractivity contribution is -0.125. The van der Waals surface area contributed by atoms with Gasteiger partial charge in [0.2, 0.25) is 5.91 Å². The number of carbonyl (C=O) groups is 1. The molecular weight excluding hydrogens is 214 g/mol. The maximum atomic E-state index is 11.6. The van der Waals surface area contributed by atoms with Gasteiger partial charge in [-0.05, 0) is 51.0 Å². The van der Waals surface area contributed by atoms with Crippen LogP contribution >= 0.6 is 0 Å². The Hall–Kier alpha value is -0.610. The zero-order valence-corrected chi connectivity index (χ0v) is 11.0. The van der Waals surface area contributed by atoms with Gasteiger partial charge >= 0.3 is 0 Å². The number of carbonyl (C=O) groups excluding carboxylic acids is 1. The van der Waals surface area contributed by atoms with Crippen LogP contribution in [-0.4, -0.2) is 35.5 Å². The number of hydrogen-bond acceptors (Lipinski definition) is 3. The van der Waals surface area contributed by atoms with Crippen molar-refractivity contribution in [2.45, 2.75) is 51.1 Å². The van der Waals surface area contributed by atoms with Gasteiger partial charge in [0.15, 0.2) is 0 Å². The van der Waals surface area contributed by atoms with Crippen LogP contribution in [0.2, 0.25) is 0 Å². The topological polar surface area (TPSA) is 72.3 Å². The van der Waals surface area contributed by atoms with E-state index in [1.54, 1.807) is 0 Å². The summed E-state index contributed by atoms with van der Waals surface area (Å²) < 4.78 is 0. The highest BCUT2D eigenvalue weighted by Crippen LogP contribution is 2.39. The summed E-state index contributed by atoms with van der Waals surface area (Å²) in [7, 11) is 0. The average molecular weight is 239 g/mol. The van der Waals surface area contributed by atoms with E-state index in [0.717, 1.165) is 25.3 Å². The summed E-state index contributed by atoms with van der Waals surface area (Å²) in [6.45, 7) is 6.20. The van der Waals surface area contributed by atoms with Crippen molar-refractivity contribution in [2.24, 2.45) is 23.3 Å². The van der Waals surface area contributed by atoms with Gasteiger partial charge in [0.05, 0.1) is 0 Å². The van der Waals surface area contributed by atoms with Crippen molar-refractivity contribution in [3.63, 3.8) is 0 Å². The minimum Gasteiger partial charge on any atom is -0.368 e. The van der Waals surface area contributed by atoms with Gasteiger partial charge in [0, 0.05) is 12.6 Å². The number of amides is 1. The Morgan fingerprint density at radius 1 is 1.35 bits per heavy atom. The quantitative estimate of drug-likeness (QED) is 0.758. The predicted octanol–water partition coefficient (Wildman–Crippen LogP) is 0.700. The van der Waals surface area contributed by atoms with Crippen LogP contribution in [0.1, 0.15) is 39.5 Å². The molecule has 1 aliphatic heterocycles. The first-order chi connectivity index (χ1) is 7.93.